The molecule has 1 aromatic carbocycles. The zero-order chi connectivity index (χ0) is 17.2. The van der Waals surface area contributed by atoms with Crippen molar-refractivity contribution >= 4 is 11.8 Å². The molecule has 0 amide bonds. The second-order valence-corrected chi connectivity index (χ2v) is 4.59. The molecule has 0 N–H and O–H groups in total. The summed E-state index contributed by atoms with van der Waals surface area (Å²) in [6, 6.07) is 7.45. The van der Waals surface area contributed by atoms with Gasteiger partial charge in [-0.15, -0.1) is 0 Å². The van der Waals surface area contributed by atoms with E-state index in [0.717, 1.165) is 6.92 Å². The van der Waals surface area contributed by atoms with E-state index in [-0.39, 0.29) is 12.3 Å². The molecule has 8 heteroatoms. The minimum Gasteiger partial charge on any atom is -0.461 e. The molecule has 0 bridgehead atoms. The molecule has 2 rings (SSSR count). The van der Waals surface area contributed by atoms with Crippen molar-refractivity contribution in [2.45, 2.75) is 20.0 Å². The number of rotatable bonds is 4. The lowest BCUT2D eigenvalue weighted by Crippen LogP contribution is -2.17. The van der Waals surface area contributed by atoms with Crippen LogP contribution in [0.15, 0.2) is 30.3 Å². The average molecular weight is 326 g/mol. The van der Waals surface area contributed by atoms with Crippen molar-refractivity contribution in [2.75, 3.05) is 6.61 Å². The number of ether oxygens (including phenoxy) is 1. The van der Waals surface area contributed by atoms with Crippen molar-refractivity contribution in [1.29, 1.82) is 0 Å². The van der Waals surface area contributed by atoms with Gasteiger partial charge in [0.15, 0.2) is 17.2 Å². The topological polar surface area (TPSA) is 61.2 Å². The summed E-state index contributed by atoms with van der Waals surface area (Å²) in [6.07, 6.45) is -4.87. The number of para-hydroxylation sites is 1. The number of hydrogen-bond donors (Lipinski definition) is 0. The summed E-state index contributed by atoms with van der Waals surface area (Å²) < 4.78 is 45.6. The third kappa shape index (κ3) is 3.25. The van der Waals surface area contributed by atoms with Gasteiger partial charge in [0, 0.05) is 0 Å². The molecule has 122 valence electrons. The van der Waals surface area contributed by atoms with Crippen molar-refractivity contribution in [3.63, 3.8) is 0 Å². The molecule has 0 unspecified atom stereocenters. The largest absolute Gasteiger partial charge is 0.461 e. The molecule has 0 fully saturated rings. The number of carbonyl (C=O) groups excluding carboxylic acids is 2. The predicted molar refractivity (Wildman–Crippen MR) is 74.5 cm³/mol. The highest BCUT2D eigenvalue weighted by atomic mass is 19.4. The number of nitrogens with zero attached hydrogens (tertiary/aromatic N) is 2. The van der Waals surface area contributed by atoms with Gasteiger partial charge in [-0.25, -0.2) is 9.48 Å². The van der Waals surface area contributed by atoms with Crippen LogP contribution >= 0.6 is 0 Å². The Kier molecular flexibility index (Phi) is 4.53. The first-order chi connectivity index (χ1) is 10.8. The Bertz CT molecular complexity index is 736. The van der Waals surface area contributed by atoms with E-state index < -0.39 is 34.9 Å². The van der Waals surface area contributed by atoms with Gasteiger partial charge in [0.05, 0.1) is 17.9 Å². The van der Waals surface area contributed by atoms with Gasteiger partial charge in [0.1, 0.15) is 0 Å². The van der Waals surface area contributed by atoms with Gasteiger partial charge in [-0.05, 0) is 26.0 Å². The zero-order valence-corrected chi connectivity index (χ0v) is 12.3. The van der Waals surface area contributed by atoms with E-state index >= 15 is 0 Å². The van der Waals surface area contributed by atoms with Crippen LogP contribution in [0.4, 0.5) is 13.2 Å². The third-order valence-electron chi connectivity index (χ3n) is 2.98. The van der Waals surface area contributed by atoms with Crippen molar-refractivity contribution < 1.29 is 27.5 Å². The predicted octanol–water partition coefficient (Wildman–Crippen LogP) is 3.27. The number of esters is 1. The first-order valence-corrected chi connectivity index (χ1v) is 6.71. The molecule has 0 aliphatic carbocycles. The van der Waals surface area contributed by atoms with Gasteiger partial charge < -0.3 is 4.74 Å². The lowest BCUT2D eigenvalue weighted by molar-refractivity contribution is -0.143. The molecule has 0 saturated heterocycles. The molecule has 2 aromatic rings. The van der Waals surface area contributed by atoms with Crippen LogP contribution in [0.1, 0.15) is 40.4 Å². The number of ketones is 1. The molecule has 5 nitrogen and oxygen atoms in total. The number of hydrogen-bond acceptors (Lipinski definition) is 4. The van der Waals surface area contributed by atoms with Crippen LogP contribution < -0.4 is 0 Å². The second kappa shape index (κ2) is 6.23. The maximum atomic E-state index is 13.5. The number of alkyl halides is 3. The number of Topliss-reactive ketones (excluding diaryl/α,β-unsaturated/α-hetero) is 1. The summed E-state index contributed by atoms with van der Waals surface area (Å²) in [7, 11) is 0. The van der Waals surface area contributed by atoms with Crippen LogP contribution in [-0.2, 0) is 10.9 Å². The standard InChI is InChI=1S/C15H13F3N2O3/c1-3-23-14(22)12-11(9(2)21)13(15(16,17)18)20(19-12)10-7-5-4-6-8-10/h4-8H,3H2,1-2H3. The van der Waals surface area contributed by atoms with E-state index in [4.69, 9.17) is 4.74 Å². The fourth-order valence-corrected chi connectivity index (χ4v) is 2.11. The summed E-state index contributed by atoms with van der Waals surface area (Å²) in [5.41, 5.74) is -2.65. The highest BCUT2D eigenvalue weighted by molar-refractivity contribution is 6.05. The van der Waals surface area contributed by atoms with Gasteiger partial charge in [-0.2, -0.15) is 18.3 Å². The summed E-state index contributed by atoms with van der Waals surface area (Å²) in [5.74, 6) is -1.99. The smallest absolute Gasteiger partial charge is 0.434 e. The Labute approximate surface area is 129 Å². The van der Waals surface area contributed by atoms with E-state index in [2.05, 4.69) is 5.10 Å². The van der Waals surface area contributed by atoms with Crippen LogP contribution in [0.25, 0.3) is 5.69 Å². The van der Waals surface area contributed by atoms with Gasteiger partial charge in [-0.3, -0.25) is 4.79 Å². The van der Waals surface area contributed by atoms with E-state index in [1.54, 1.807) is 6.07 Å². The molecule has 1 heterocycles. The zero-order valence-electron chi connectivity index (χ0n) is 12.3. The summed E-state index contributed by atoms with van der Waals surface area (Å²) in [5, 5.41) is 3.69. The lowest BCUT2D eigenvalue weighted by Gasteiger charge is -2.11. The SMILES string of the molecule is CCOC(=O)c1nn(-c2ccccc2)c(C(F)(F)F)c1C(C)=O. The van der Waals surface area contributed by atoms with Gasteiger partial charge in [0.25, 0.3) is 0 Å². The third-order valence-corrected chi connectivity index (χ3v) is 2.98. The van der Waals surface area contributed by atoms with E-state index in [1.807, 2.05) is 0 Å². The van der Waals surface area contributed by atoms with Crippen LogP contribution in [0.3, 0.4) is 0 Å². The van der Waals surface area contributed by atoms with Gasteiger partial charge in [0.2, 0.25) is 0 Å². The number of aromatic nitrogens is 2. The molecule has 0 spiro atoms. The quantitative estimate of drug-likeness (QED) is 0.639. The molecular weight excluding hydrogens is 313 g/mol. The van der Waals surface area contributed by atoms with Gasteiger partial charge in [-0.1, -0.05) is 18.2 Å². The molecular formula is C15H13F3N2O3. The first-order valence-electron chi connectivity index (χ1n) is 6.71. The molecule has 0 saturated carbocycles. The maximum absolute atomic E-state index is 13.5. The first kappa shape index (κ1) is 16.7. The molecule has 0 atom stereocenters. The minimum atomic E-state index is -4.87. The normalized spacial score (nSPS) is 11.3. The Morgan fingerprint density at radius 3 is 2.30 bits per heavy atom. The Hall–Kier alpha value is -2.64. The van der Waals surface area contributed by atoms with E-state index in [1.165, 1.54) is 31.2 Å². The van der Waals surface area contributed by atoms with E-state index in [9.17, 15) is 22.8 Å². The van der Waals surface area contributed by atoms with Crippen molar-refractivity contribution in [2.24, 2.45) is 0 Å². The maximum Gasteiger partial charge on any atom is 0.434 e. The lowest BCUT2D eigenvalue weighted by atomic mass is 10.1. The Morgan fingerprint density at radius 1 is 1.22 bits per heavy atom. The highest BCUT2D eigenvalue weighted by Gasteiger charge is 2.43. The second-order valence-electron chi connectivity index (χ2n) is 4.59. The molecule has 23 heavy (non-hydrogen) atoms. The fourth-order valence-electron chi connectivity index (χ4n) is 2.11. The minimum absolute atomic E-state index is 0.0459. The van der Waals surface area contributed by atoms with Crippen molar-refractivity contribution in [3.05, 3.63) is 47.3 Å². The van der Waals surface area contributed by atoms with E-state index in [0.29, 0.717) is 4.68 Å². The van der Waals surface area contributed by atoms with Crippen LogP contribution in [-0.4, -0.2) is 28.1 Å². The molecule has 0 aliphatic heterocycles. The molecule has 0 aliphatic rings. The van der Waals surface area contributed by atoms with Crippen molar-refractivity contribution in [3.8, 4) is 5.69 Å². The monoisotopic (exact) mass is 326 g/mol. The number of benzene rings is 1. The number of halogens is 3. The summed E-state index contributed by atoms with van der Waals surface area (Å²) in [4.78, 5) is 23.6. The fraction of sp³-hybridized carbons (Fsp3) is 0.267. The van der Waals surface area contributed by atoms with Crippen molar-refractivity contribution in [1.82, 2.24) is 9.78 Å². The van der Waals surface area contributed by atoms with Gasteiger partial charge >= 0.3 is 12.1 Å². The van der Waals surface area contributed by atoms with Crippen LogP contribution in [0.5, 0.6) is 0 Å². The molecule has 1 aromatic heterocycles. The highest BCUT2D eigenvalue weighted by Crippen LogP contribution is 2.35. The average Bonchev–Trinajstić information content (AvgIpc) is 2.89. The Morgan fingerprint density at radius 2 is 1.83 bits per heavy atom. The number of carbonyl (C=O) groups is 2. The molecule has 0 radical (unpaired) electrons. The Balaban J connectivity index is 2.79. The van der Waals surface area contributed by atoms with Crippen LogP contribution in [0, 0.1) is 0 Å². The van der Waals surface area contributed by atoms with Crippen LogP contribution in [0.2, 0.25) is 0 Å². The summed E-state index contributed by atoms with van der Waals surface area (Å²) >= 11 is 0. The summed E-state index contributed by atoms with van der Waals surface area (Å²) in [6.45, 7) is 2.41.